The van der Waals surface area contributed by atoms with Gasteiger partial charge in [0.25, 0.3) is 11.8 Å². The summed E-state index contributed by atoms with van der Waals surface area (Å²) in [5.74, 6) is 0.310. The summed E-state index contributed by atoms with van der Waals surface area (Å²) < 4.78 is 7.52. The van der Waals surface area contributed by atoms with Crippen molar-refractivity contribution in [3.63, 3.8) is 0 Å². The third kappa shape index (κ3) is 3.52. The van der Waals surface area contributed by atoms with Crippen LogP contribution in [-0.2, 0) is 10.3 Å². The summed E-state index contributed by atoms with van der Waals surface area (Å²) in [4.78, 5) is 45.6. The molecular weight excluding hydrogens is 553 g/mol. The van der Waals surface area contributed by atoms with E-state index >= 15 is 0 Å². The molecule has 204 valence electrons. The molecule has 12 heteroatoms. The van der Waals surface area contributed by atoms with E-state index in [0.29, 0.717) is 55.9 Å². The van der Waals surface area contributed by atoms with Gasteiger partial charge in [-0.15, -0.1) is 0 Å². The zero-order chi connectivity index (χ0) is 28.5. The second-order valence-corrected chi connectivity index (χ2v) is 10.9. The van der Waals surface area contributed by atoms with Crippen LogP contribution in [0.2, 0.25) is 10.0 Å². The van der Waals surface area contributed by atoms with Gasteiger partial charge in [-0.3, -0.25) is 14.5 Å². The van der Waals surface area contributed by atoms with Crippen molar-refractivity contribution in [3.05, 3.63) is 75.7 Å². The number of fused-ring (bicyclic) bond motifs is 4. The fourth-order valence-electron chi connectivity index (χ4n) is 5.52. The monoisotopic (exact) mass is 577 g/mol. The summed E-state index contributed by atoms with van der Waals surface area (Å²) in [6.45, 7) is 3.92. The standard InChI is InChI=1S/C28H25Cl2N7O3/c1-14(2)36-22-21(33-23(36)18-13-31-27(35(3)4)34-24(18)40-5)25(38)37(17-8-6-7-15(29)11-17)28(22)19-10-9-16(30)12-20(19)32-26(28)39/h6-14H,1-5H3,(H,32,39). The number of methoxy groups -OCH3 is 1. The first-order chi connectivity index (χ1) is 19.1. The van der Waals surface area contributed by atoms with Crippen LogP contribution in [0.3, 0.4) is 0 Å². The molecule has 0 saturated heterocycles. The van der Waals surface area contributed by atoms with E-state index < -0.39 is 17.4 Å². The number of anilines is 3. The Kier molecular flexibility index (Phi) is 6.01. The fourth-order valence-corrected chi connectivity index (χ4v) is 5.88. The molecule has 2 aromatic heterocycles. The van der Waals surface area contributed by atoms with Crippen LogP contribution >= 0.6 is 23.2 Å². The molecule has 0 aliphatic carbocycles. The highest BCUT2D eigenvalue weighted by atomic mass is 35.5. The number of rotatable bonds is 5. The quantitative estimate of drug-likeness (QED) is 0.349. The Hall–Kier alpha value is -4.15. The predicted octanol–water partition coefficient (Wildman–Crippen LogP) is 5.16. The van der Waals surface area contributed by atoms with Crippen LogP contribution in [0, 0.1) is 0 Å². The second kappa shape index (κ2) is 9.21. The average molecular weight is 578 g/mol. The Morgan fingerprint density at radius 2 is 1.80 bits per heavy atom. The fraction of sp³-hybridized carbons (Fsp3) is 0.250. The number of benzene rings is 2. The number of ether oxygens (including phenoxy) is 1. The van der Waals surface area contributed by atoms with Gasteiger partial charge in [0.05, 0.1) is 18.4 Å². The molecule has 0 fully saturated rings. The summed E-state index contributed by atoms with van der Waals surface area (Å²) >= 11 is 12.7. The molecule has 0 saturated carbocycles. The number of hydrogen-bond donors (Lipinski definition) is 1. The van der Waals surface area contributed by atoms with Crippen LogP contribution in [0.15, 0.2) is 48.7 Å². The van der Waals surface area contributed by atoms with Crippen molar-refractivity contribution in [2.45, 2.75) is 25.4 Å². The molecule has 2 aromatic carbocycles. The highest BCUT2D eigenvalue weighted by molar-refractivity contribution is 6.32. The second-order valence-electron chi connectivity index (χ2n) is 10.1. The number of imidazole rings is 1. The van der Waals surface area contributed by atoms with E-state index in [-0.39, 0.29) is 11.7 Å². The molecule has 2 aliphatic heterocycles. The Morgan fingerprint density at radius 3 is 2.48 bits per heavy atom. The lowest BCUT2D eigenvalue weighted by molar-refractivity contribution is -0.119. The molecule has 6 rings (SSSR count). The first-order valence-corrected chi connectivity index (χ1v) is 13.3. The summed E-state index contributed by atoms with van der Waals surface area (Å²) in [5, 5.41) is 3.84. The predicted molar refractivity (Wildman–Crippen MR) is 154 cm³/mol. The molecule has 2 aliphatic rings. The molecule has 10 nitrogen and oxygen atoms in total. The van der Waals surface area contributed by atoms with E-state index in [1.54, 1.807) is 53.6 Å². The lowest BCUT2D eigenvalue weighted by atomic mass is 9.87. The largest absolute Gasteiger partial charge is 0.480 e. The van der Waals surface area contributed by atoms with Crippen LogP contribution in [-0.4, -0.2) is 52.5 Å². The minimum Gasteiger partial charge on any atom is -0.480 e. The van der Waals surface area contributed by atoms with Gasteiger partial charge in [-0.1, -0.05) is 35.3 Å². The maximum absolute atomic E-state index is 14.3. The number of carbonyl (C=O) groups excluding carboxylic acids is 2. The van der Waals surface area contributed by atoms with Gasteiger partial charge in [-0.05, 0) is 44.2 Å². The van der Waals surface area contributed by atoms with E-state index in [1.165, 1.54) is 12.0 Å². The number of carbonyl (C=O) groups is 2. The lowest BCUT2D eigenvalue weighted by Crippen LogP contribution is -2.51. The zero-order valence-corrected chi connectivity index (χ0v) is 23.9. The molecule has 1 N–H and O–H groups in total. The van der Waals surface area contributed by atoms with Crippen molar-refractivity contribution in [1.82, 2.24) is 19.5 Å². The normalized spacial score (nSPS) is 17.4. The van der Waals surface area contributed by atoms with Crippen LogP contribution in [0.25, 0.3) is 11.4 Å². The van der Waals surface area contributed by atoms with E-state index in [1.807, 2.05) is 32.5 Å². The minimum atomic E-state index is -1.58. The third-order valence-corrected chi connectivity index (χ3v) is 7.57. The number of nitrogens with one attached hydrogen (secondary N) is 1. The summed E-state index contributed by atoms with van der Waals surface area (Å²) in [5.41, 5.74) is 1.03. The summed E-state index contributed by atoms with van der Waals surface area (Å²) in [7, 11) is 5.17. The van der Waals surface area contributed by atoms with Gasteiger partial charge in [0.1, 0.15) is 5.82 Å². The Balaban J connectivity index is 1.70. The van der Waals surface area contributed by atoms with Crippen molar-refractivity contribution in [3.8, 4) is 17.3 Å². The van der Waals surface area contributed by atoms with Gasteiger partial charge in [-0.25, -0.2) is 9.97 Å². The van der Waals surface area contributed by atoms with Crippen molar-refractivity contribution in [1.29, 1.82) is 0 Å². The molecule has 1 unspecified atom stereocenters. The van der Waals surface area contributed by atoms with E-state index in [0.717, 1.165) is 0 Å². The summed E-state index contributed by atoms with van der Waals surface area (Å²) in [6, 6.07) is 11.8. The topological polar surface area (TPSA) is 105 Å². The number of amides is 2. The molecule has 2 amide bonds. The van der Waals surface area contributed by atoms with Gasteiger partial charge < -0.3 is 19.5 Å². The van der Waals surface area contributed by atoms with Crippen molar-refractivity contribution >= 4 is 52.3 Å². The Bertz CT molecular complexity index is 1720. The van der Waals surface area contributed by atoms with Crippen LogP contribution in [0.4, 0.5) is 17.3 Å². The minimum absolute atomic E-state index is 0.139. The molecule has 4 aromatic rings. The van der Waals surface area contributed by atoms with E-state index in [4.69, 9.17) is 32.9 Å². The first kappa shape index (κ1) is 26.1. The lowest BCUT2D eigenvalue weighted by Gasteiger charge is -2.35. The Labute approximate surface area is 240 Å². The molecule has 0 bridgehead atoms. The Morgan fingerprint density at radius 1 is 1.05 bits per heavy atom. The van der Waals surface area contributed by atoms with E-state index in [9.17, 15) is 9.59 Å². The molecule has 0 radical (unpaired) electrons. The molecular formula is C28H25Cl2N7O3. The van der Waals surface area contributed by atoms with Crippen molar-refractivity contribution in [2.75, 3.05) is 36.3 Å². The maximum atomic E-state index is 14.3. The van der Waals surface area contributed by atoms with Crippen LogP contribution in [0.1, 0.15) is 41.6 Å². The van der Waals surface area contributed by atoms with Crippen LogP contribution < -0.4 is 19.9 Å². The number of nitrogens with zero attached hydrogens (tertiary/aromatic N) is 6. The average Bonchev–Trinajstić information content (AvgIpc) is 3.52. The van der Waals surface area contributed by atoms with E-state index in [2.05, 4.69) is 15.3 Å². The number of hydrogen-bond acceptors (Lipinski definition) is 7. The van der Waals surface area contributed by atoms with Gasteiger partial charge in [0.15, 0.2) is 11.2 Å². The van der Waals surface area contributed by atoms with Crippen molar-refractivity contribution < 1.29 is 14.3 Å². The van der Waals surface area contributed by atoms with Crippen molar-refractivity contribution in [2.24, 2.45) is 0 Å². The molecule has 4 heterocycles. The molecule has 1 spiro atoms. The smallest absolute Gasteiger partial charge is 0.280 e. The van der Waals surface area contributed by atoms with Gasteiger partial charge in [0.2, 0.25) is 11.8 Å². The molecule has 1 atom stereocenters. The van der Waals surface area contributed by atoms with Crippen LogP contribution in [0.5, 0.6) is 5.88 Å². The molecule has 40 heavy (non-hydrogen) atoms. The summed E-state index contributed by atoms with van der Waals surface area (Å²) in [6.07, 6.45) is 1.62. The van der Waals surface area contributed by atoms with Gasteiger partial charge in [0, 0.05) is 53.3 Å². The maximum Gasteiger partial charge on any atom is 0.280 e. The SMILES string of the molecule is COc1nc(N(C)C)ncc1-c1nc2c(n1C(C)C)C1(C(=O)Nc3cc(Cl)ccc31)N(c1cccc(Cl)c1)C2=O. The highest BCUT2D eigenvalue weighted by Crippen LogP contribution is 2.54. The zero-order valence-electron chi connectivity index (χ0n) is 22.4. The first-order valence-electron chi connectivity index (χ1n) is 12.5. The third-order valence-electron chi connectivity index (χ3n) is 7.10. The van der Waals surface area contributed by atoms with Gasteiger partial charge >= 0.3 is 0 Å². The highest BCUT2D eigenvalue weighted by Gasteiger charge is 2.64. The van der Waals surface area contributed by atoms with Gasteiger partial charge in [-0.2, -0.15) is 4.98 Å². The number of aromatic nitrogens is 4. The number of halogens is 2.